The average Bonchev–Trinajstić information content (AvgIpc) is 2.71. The van der Waals surface area contributed by atoms with Crippen LogP contribution in [0.2, 0.25) is 5.02 Å². The van der Waals surface area contributed by atoms with Gasteiger partial charge in [0.1, 0.15) is 22.9 Å². The van der Waals surface area contributed by atoms with Crippen LogP contribution in [0.5, 0.6) is 0 Å². The molecule has 0 aliphatic carbocycles. The monoisotopic (exact) mass is 491 g/mol. The summed E-state index contributed by atoms with van der Waals surface area (Å²) in [5.74, 6) is -11.2. The van der Waals surface area contributed by atoms with Gasteiger partial charge >= 0.3 is 18.0 Å². The summed E-state index contributed by atoms with van der Waals surface area (Å²) in [5, 5.41) is 8.47. The van der Waals surface area contributed by atoms with Gasteiger partial charge in [0, 0.05) is 11.8 Å². The summed E-state index contributed by atoms with van der Waals surface area (Å²) in [7, 11) is 0. The van der Waals surface area contributed by atoms with Gasteiger partial charge in [-0.25, -0.2) is 9.18 Å². The van der Waals surface area contributed by atoms with Gasteiger partial charge < -0.3 is 9.84 Å². The molecule has 0 fully saturated rings. The highest BCUT2D eigenvalue weighted by Crippen LogP contribution is 2.37. The van der Waals surface area contributed by atoms with Gasteiger partial charge in [0.05, 0.1) is 5.92 Å². The van der Waals surface area contributed by atoms with Gasteiger partial charge in [-0.3, -0.25) is 14.7 Å². The topological polar surface area (TPSA) is 92.6 Å². The lowest BCUT2D eigenvalue weighted by atomic mass is 9.96. The average molecular weight is 492 g/mol. The molecular weight excluding hydrogens is 470 g/mol. The molecule has 2 aromatic heterocycles. The van der Waals surface area contributed by atoms with Gasteiger partial charge in [-0.15, -0.1) is 0 Å². The number of carboxylic acid groups (broad SMARTS) is 1. The number of pyridine rings is 2. The molecule has 0 radical (unpaired) electrons. The second-order valence-corrected chi connectivity index (χ2v) is 8.43. The second kappa shape index (κ2) is 9.90. The van der Waals surface area contributed by atoms with E-state index in [1.165, 1.54) is 39.8 Å². The van der Waals surface area contributed by atoms with Crippen LogP contribution in [-0.2, 0) is 15.5 Å². The van der Waals surface area contributed by atoms with Crippen molar-refractivity contribution in [3.63, 3.8) is 0 Å². The zero-order valence-corrected chi connectivity index (χ0v) is 19.0. The number of alkyl halides is 2. The van der Waals surface area contributed by atoms with Gasteiger partial charge in [-0.2, -0.15) is 18.2 Å². The first kappa shape index (κ1) is 26.3. The molecule has 0 aliphatic rings. The minimum atomic E-state index is -3.83. The van der Waals surface area contributed by atoms with E-state index in [9.17, 15) is 27.9 Å². The van der Waals surface area contributed by atoms with E-state index in [0.29, 0.717) is 0 Å². The number of carboxylic acids is 1. The Balaban J connectivity index is 2.70. The largest absolute Gasteiger partial charge is 0.481 e. The highest BCUT2D eigenvalue weighted by molar-refractivity contribution is 6.31. The Morgan fingerprint density at radius 1 is 1.24 bits per heavy atom. The first-order valence-corrected chi connectivity index (χ1v) is 10.1. The van der Waals surface area contributed by atoms with Crippen molar-refractivity contribution in [1.82, 2.24) is 9.97 Å². The van der Waals surface area contributed by atoms with E-state index in [-0.39, 0.29) is 11.3 Å². The zero-order chi connectivity index (χ0) is 25.1. The number of aliphatic carboxylic acids is 1. The fourth-order valence-electron chi connectivity index (χ4n) is 2.91. The first-order valence-electron chi connectivity index (χ1n) is 9.76. The molecule has 0 aromatic carbocycles. The number of aromatic nitrogens is 2. The normalized spacial score (nSPS) is 12.9. The van der Waals surface area contributed by atoms with Gasteiger partial charge in [0.15, 0.2) is 11.6 Å². The number of anilines is 1. The molecule has 1 atom stereocenters. The molecule has 1 N–H and O–H groups in total. The predicted molar refractivity (Wildman–Crippen MR) is 112 cm³/mol. The van der Waals surface area contributed by atoms with Crippen molar-refractivity contribution in [1.29, 1.82) is 0 Å². The molecule has 12 heteroatoms. The van der Waals surface area contributed by atoms with Crippen molar-refractivity contribution in [2.24, 2.45) is 0 Å². The van der Waals surface area contributed by atoms with E-state index in [2.05, 4.69) is 9.97 Å². The summed E-state index contributed by atoms with van der Waals surface area (Å²) < 4.78 is 65.0. The van der Waals surface area contributed by atoms with Crippen molar-refractivity contribution in [2.45, 2.75) is 51.6 Å². The maximum Gasteiger partial charge on any atom is 0.416 e. The minimum Gasteiger partial charge on any atom is -0.481 e. The molecule has 1 unspecified atom stereocenters. The van der Waals surface area contributed by atoms with Gasteiger partial charge in [0.2, 0.25) is 5.95 Å². The van der Waals surface area contributed by atoms with Crippen molar-refractivity contribution >= 4 is 29.5 Å². The summed E-state index contributed by atoms with van der Waals surface area (Å²) in [6, 6.07) is 3.66. The number of hydrogen-bond acceptors (Lipinski definition) is 5. The Hall–Kier alpha value is -2.95. The van der Waals surface area contributed by atoms with Crippen LogP contribution >= 0.6 is 11.6 Å². The summed E-state index contributed by atoms with van der Waals surface area (Å²) >= 11 is 5.77. The molecule has 2 aromatic rings. The zero-order valence-electron chi connectivity index (χ0n) is 18.2. The molecular formula is C21H22ClF4N3O4. The van der Waals surface area contributed by atoms with E-state index in [1.54, 1.807) is 0 Å². The lowest BCUT2D eigenvalue weighted by molar-refractivity contribution is -0.138. The number of amides is 1. The highest BCUT2D eigenvalue weighted by Gasteiger charge is 2.42. The molecule has 2 heterocycles. The molecule has 180 valence electrons. The fraction of sp³-hybridized carbons (Fsp3) is 0.429. The van der Waals surface area contributed by atoms with Crippen LogP contribution in [0, 0.1) is 11.8 Å². The van der Waals surface area contributed by atoms with Gasteiger partial charge in [0.25, 0.3) is 0 Å². The minimum absolute atomic E-state index is 0.104. The molecule has 0 aliphatic heterocycles. The number of ether oxygens (including phenoxy) is 1. The fourth-order valence-corrected chi connectivity index (χ4v) is 3.16. The van der Waals surface area contributed by atoms with E-state index >= 15 is 4.39 Å². The molecule has 1 amide bonds. The van der Waals surface area contributed by atoms with Crippen LogP contribution in [0.1, 0.15) is 51.3 Å². The maximum atomic E-state index is 15.4. The van der Waals surface area contributed by atoms with E-state index in [0.717, 1.165) is 12.3 Å². The maximum absolute atomic E-state index is 15.4. The highest BCUT2D eigenvalue weighted by atomic mass is 35.5. The number of hydrogen-bond donors (Lipinski definition) is 1. The van der Waals surface area contributed by atoms with Crippen LogP contribution in [-0.4, -0.2) is 39.3 Å². The van der Waals surface area contributed by atoms with Crippen LogP contribution in [0.3, 0.4) is 0 Å². The summed E-state index contributed by atoms with van der Waals surface area (Å²) in [5.41, 5.74) is -2.75. The van der Waals surface area contributed by atoms with Crippen molar-refractivity contribution in [2.75, 3.05) is 11.4 Å². The van der Waals surface area contributed by atoms with Gasteiger partial charge in [-0.05, 0) is 39.3 Å². The third-order valence-electron chi connectivity index (χ3n) is 4.38. The Morgan fingerprint density at radius 2 is 1.88 bits per heavy atom. The summed E-state index contributed by atoms with van der Waals surface area (Å²) in [6.07, 6.45) is -0.565. The number of halogens is 5. The van der Waals surface area contributed by atoms with Crippen molar-refractivity contribution < 1.29 is 37.0 Å². The summed E-state index contributed by atoms with van der Waals surface area (Å²) in [4.78, 5) is 31.2. The van der Waals surface area contributed by atoms with E-state index in [4.69, 9.17) is 16.3 Å². The smallest absolute Gasteiger partial charge is 0.416 e. The molecule has 0 spiro atoms. The number of rotatable bonds is 7. The molecule has 0 bridgehead atoms. The standard InChI is InChI=1S/C21H22ClF4N3O4/c1-5-11(18(30)31)13-14(22)16(24)28-17(15(13)23)29(19(32)33-20(2,3)4)10-21(25,26)12-8-6-7-9-27-12/h6-9,11H,5,10H2,1-4H3,(H,30,31). The SMILES string of the molecule is CCC(C(=O)O)c1c(F)c(N(CC(F)(F)c2ccccn2)C(=O)OC(C)(C)C)nc(F)c1Cl. The predicted octanol–water partition coefficient (Wildman–Crippen LogP) is 5.52. The molecule has 0 saturated heterocycles. The third kappa shape index (κ3) is 6.10. The Kier molecular flexibility index (Phi) is 7.89. The van der Waals surface area contributed by atoms with Crippen LogP contribution in [0.4, 0.5) is 28.2 Å². The number of nitrogens with zero attached hydrogens (tertiary/aromatic N) is 3. The number of carbonyl (C=O) groups excluding carboxylic acids is 1. The third-order valence-corrected chi connectivity index (χ3v) is 4.73. The molecule has 0 saturated carbocycles. The Labute approximate surface area is 192 Å². The van der Waals surface area contributed by atoms with Crippen LogP contribution < -0.4 is 4.90 Å². The Morgan fingerprint density at radius 3 is 2.36 bits per heavy atom. The number of carbonyl (C=O) groups is 2. The lowest BCUT2D eigenvalue weighted by Gasteiger charge is -2.30. The lowest BCUT2D eigenvalue weighted by Crippen LogP contribution is -2.44. The van der Waals surface area contributed by atoms with Crippen molar-refractivity contribution in [3.8, 4) is 0 Å². The Bertz CT molecular complexity index is 1030. The molecule has 2 rings (SSSR count). The molecule has 33 heavy (non-hydrogen) atoms. The van der Waals surface area contributed by atoms with Crippen molar-refractivity contribution in [3.05, 3.63) is 52.4 Å². The van der Waals surface area contributed by atoms with Crippen LogP contribution in [0.15, 0.2) is 24.4 Å². The quantitative estimate of drug-likeness (QED) is 0.405. The van der Waals surface area contributed by atoms with E-state index in [1.807, 2.05) is 0 Å². The van der Waals surface area contributed by atoms with E-state index < -0.39 is 69.9 Å². The first-order chi connectivity index (χ1) is 15.2. The van der Waals surface area contributed by atoms with Crippen LogP contribution in [0.25, 0.3) is 0 Å². The second-order valence-electron chi connectivity index (χ2n) is 8.05. The van der Waals surface area contributed by atoms with Gasteiger partial charge in [-0.1, -0.05) is 24.6 Å². The summed E-state index contributed by atoms with van der Waals surface area (Å²) in [6.45, 7) is 4.18. The molecule has 7 nitrogen and oxygen atoms in total.